The van der Waals surface area contributed by atoms with Gasteiger partial charge in [0.15, 0.2) is 11.6 Å². The van der Waals surface area contributed by atoms with Crippen LogP contribution < -0.4 is 5.73 Å². The maximum atomic E-state index is 5.59. The SMILES string of the molecule is Cc1nn(-c2ncccc2Br)nc1N. The molecular weight excluding hydrogens is 246 g/mol. The zero-order valence-corrected chi connectivity index (χ0v) is 9.06. The summed E-state index contributed by atoms with van der Waals surface area (Å²) in [5, 5.41) is 8.16. The Labute approximate surface area is 89.1 Å². The number of nitrogens with two attached hydrogens (primary N) is 1. The van der Waals surface area contributed by atoms with Gasteiger partial charge in [-0.1, -0.05) is 0 Å². The molecule has 6 heteroatoms. The molecule has 5 nitrogen and oxygen atoms in total. The lowest BCUT2D eigenvalue weighted by Crippen LogP contribution is -2.02. The summed E-state index contributed by atoms with van der Waals surface area (Å²) in [6.07, 6.45) is 1.68. The van der Waals surface area contributed by atoms with Crippen molar-refractivity contribution in [2.75, 3.05) is 5.73 Å². The van der Waals surface area contributed by atoms with E-state index in [0.29, 0.717) is 17.3 Å². The fraction of sp³-hybridized carbons (Fsp3) is 0.125. The second kappa shape index (κ2) is 3.38. The first-order chi connectivity index (χ1) is 6.68. The zero-order chi connectivity index (χ0) is 10.1. The fourth-order valence-corrected chi connectivity index (χ4v) is 1.42. The normalized spacial score (nSPS) is 10.4. The van der Waals surface area contributed by atoms with Crippen LogP contribution in [0.1, 0.15) is 5.69 Å². The third kappa shape index (κ3) is 1.48. The van der Waals surface area contributed by atoms with Crippen molar-refractivity contribution in [3.8, 4) is 5.82 Å². The second-order valence-electron chi connectivity index (χ2n) is 2.77. The largest absolute Gasteiger partial charge is 0.381 e. The van der Waals surface area contributed by atoms with Crippen molar-refractivity contribution >= 4 is 21.7 Å². The summed E-state index contributed by atoms with van der Waals surface area (Å²) in [5.41, 5.74) is 6.29. The number of nitrogens with zero attached hydrogens (tertiary/aromatic N) is 4. The van der Waals surface area contributed by atoms with E-state index in [4.69, 9.17) is 5.73 Å². The zero-order valence-electron chi connectivity index (χ0n) is 7.48. The molecule has 0 spiro atoms. The number of aryl methyl sites for hydroxylation is 1. The Balaban J connectivity index is 2.55. The standard InChI is InChI=1S/C8H8BrN5/c1-5-7(10)13-14(12-5)8-6(9)3-2-4-11-8/h2-4H,1H3,(H2,10,13). The molecule has 2 N–H and O–H groups in total. The highest BCUT2D eigenvalue weighted by Crippen LogP contribution is 2.17. The molecule has 72 valence electrons. The third-order valence-corrected chi connectivity index (χ3v) is 2.37. The van der Waals surface area contributed by atoms with Gasteiger partial charge in [0.1, 0.15) is 5.69 Å². The Kier molecular flexibility index (Phi) is 2.20. The highest BCUT2D eigenvalue weighted by atomic mass is 79.9. The molecule has 0 saturated carbocycles. The topological polar surface area (TPSA) is 69.6 Å². The van der Waals surface area contributed by atoms with E-state index in [1.807, 2.05) is 12.1 Å². The lowest BCUT2D eigenvalue weighted by Gasteiger charge is -1.99. The molecule has 0 radical (unpaired) electrons. The van der Waals surface area contributed by atoms with Gasteiger partial charge < -0.3 is 5.73 Å². The Hall–Kier alpha value is -1.43. The van der Waals surface area contributed by atoms with Gasteiger partial charge in [0.05, 0.1) is 4.47 Å². The van der Waals surface area contributed by atoms with E-state index < -0.39 is 0 Å². The highest BCUT2D eigenvalue weighted by Gasteiger charge is 2.08. The molecule has 0 amide bonds. The van der Waals surface area contributed by atoms with Crippen molar-refractivity contribution in [2.24, 2.45) is 0 Å². The van der Waals surface area contributed by atoms with Gasteiger partial charge in [-0.05, 0) is 35.0 Å². The van der Waals surface area contributed by atoms with E-state index in [0.717, 1.165) is 4.47 Å². The van der Waals surface area contributed by atoms with Gasteiger partial charge >= 0.3 is 0 Å². The van der Waals surface area contributed by atoms with Crippen molar-refractivity contribution in [3.05, 3.63) is 28.5 Å². The van der Waals surface area contributed by atoms with E-state index in [1.54, 1.807) is 13.1 Å². The molecule has 2 rings (SSSR count). The first-order valence-electron chi connectivity index (χ1n) is 3.99. The predicted molar refractivity (Wildman–Crippen MR) is 56.0 cm³/mol. The third-order valence-electron chi connectivity index (χ3n) is 1.75. The Bertz CT molecular complexity index is 445. The molecule has 0 unspecified atom stereocenters. The van der Waals surface area contributed by atoms with Crippen LogP contribution >= 0.6 is 15.9 Å². The van der Waals surface area contributed by atoms with Crippen LogP contribution in [-0.2, 0) is 0 Å². The number of anilines is 1. The van der Waals surface area contributed by atoms with Crippen molar-refractivity contribution in [1.29, 1.82) is 0 Å². The smallest absolute Gasteiger partial charge is 0.188 e. The number of pyridine rings is 1. The first kappa shape index (κ1) is 9.14. The van der Waals surface area contributed by atoms with E-state index in [-0.39, 0.29) is 0 Å². The lowest BCUT2D eigenvalue weighted by atomic mass is 10.5. The van der Waals surface area contributed by atoms with Crippen LogP contribution in [0.2, 0.25) is 0 Å². The number of halogens is 1. The van der Waals surface area contributed by atoms with Crippen LogP contribution in [0.4, 0.5) is 5.82 Å². The summed E-state index contributed by atoms with van der Waals surface area (Å²) in [5.74, 6) is 1.05. The van der Waals surface area contributed by atoms with E-state index in [9.17, 15) is 0 Å². The van der Waals surface area contributed by atoms with Crippen molar-refractivity contribution in [1.82, 2.24) is 20.0 Å². The summed E-state index contributed by atoms with van der Waals surface area (Å²) in [7, 11) is 0. The molecule has 2 aromatic heterocycles. The molecule has 2 aromatic rings. The predicted octanol–water partition coefficient (Wildman–Crippen LogP) is 1.32. The van der Waals surface area contributed by atoms with E-state index >= 15 is 0 Å². The first-order valence-corrected chi connectivity index (χ1v) is 4.78. The monoisotopic (exact) mass is 253 g/mol. The van der Waals surface area contributed by atoms with Gasteiger partial charge in [0.25, 0.3) is 0 Å². The van der Waals surface area contributed by atoms with Gasteiger partial charge in [-0.25, -0.2) is 4.98 Å². The van der Waals surface area contributed by atoms with Crippen LogP contribution in [0.25, 0.3) is 5.82 Å². The van der Waals surface area contributed by atoms with Crippen LogP contribution in [0.3, 0.4) is 0 Å². The molecule has 0 aliphatic rings. The number of aromatic nitrogens is 4. The quantitative estimate of drug-likeness (QED) is 0.833. The molecule has 0 bridgehead atoms. The minimum atomic E-state index is 0.419. The van der Waals surface area contributed by atoms with E-state index in [1.165, 1.54) is 4.80 Å². The molecule has 0 atom stereocenters. The Morgan fingerprint density at radius 3 is 2.79 bits per heavy atom. The number of hydrogen-bond acceptors (Lipinski definition) is 4. The van der Waals surface area contributed by atoms with Gasteiger partial charge in [0.2, 0.25) is 0 Å². The Morgan fingerprint density at radius 2 is 2.21 bits per heavy atom. The maximum absolute atomic E-state index is 5.59. The number of hydrogen-bond donors (Lipinski definition) is 1. The van der Waals surface area contributed by atoms with Crippen molar-refractivity contribution < 1.29 is 0 Å². The molecule has 0 aliphatic heterocycles. The average molecular weight is 254 g/mol. The van der Waals surface area contributed by atoms with Crippen LogP contribution in [-0.4, -0.2) is 20.0 Å². The lowest BCUT2D eigenvalue weighted by molar-refractivity contribution is 0.722. The molecular formula is C8H8BrN5. The van der Waals surface area contributed by atoms with Gasteiger partial charge in [-0.15, -0.1) is 15.0 Å². The summed E-state index contributed by atoms with van der Waals surface area (Å²) >= 11 is 3.36. The number of nitrogen functional groups attached to an aromatic ring is 1. The van der Waals surface area contributed by atoms with Crippen molar-refractivity contribution in [3.63, 3.8) is 0 Å². The fourth-order valence-electron chi connectivity index (χ4n) is 1.01. The molecule has 14 heavy (non-hydrogen) atoms. The van der Waals surface area contributed by atoms with Crippen LogP contribution in [0, 0.1) is 6.92 Å². The van der Waals surface area contributed by atoms with Gasteiger partial charge in [-0.3, -0.25) is 0 Å². The summed E-state index contributed by atoms with van der Waals surface area (Å²) in [6.45, 7) is 1.80. The van der Waals surface area contributed by atoms with E-state index in [2.05, 4.69) is 31.1 Å². The highest BCUT2D eigenvalue weighted by molar-refractivity contribution is 9.10. The minimum absolute atomic E-state index is 0.419. The van der Waals surface area contributed by atoms with Crippen LogP contribution in [0.15, 0.2) is 22.8 Å². The van der Waals surface area contributed by atoms with Crippen molar-refractivity contribution in [2.45, 2.75) is 6.92 Å². The minimum Gasteiger partial charge on any atom is -0.381 e. The molecule has 2 heterocycles. The maximum Gasteiger partial charge on any atom is 0.188 e. The summed E-state index contributed by atoms with van der Waals surface area (Å²) in [4.78, 5) is 5.55. The molecule has 0 aliphatic carbocycles. The second-order valence-corrected chi connectivity index (χ2v) is 3.62. The summed E-state index contributed by atoms with van der Waals surface area (Å²) < 4.78 is 0.829. The number of rotatable bonds is 1. The Morgan fingerprint density at radius 1 is 1.43 bits per heavy atom. The van der Waals surface area contributed by atoms with Crippen LogP contribution in [0.5, 0.6) is 0 Å². The van der Waals surface area contributed by atoms with Gasteiger partial charge in [-0.2, -0.15) is 0 Å². The molecule has 0 fully saturated rings. The van der Waals surface area contributed by atoms with Gasteiger partial charge in [0, 0.05) is 6.20 Å². The summed E-state index contributed by atoms with van der Waals surface area (Å²) in [6, 6.07) is 3.70. The molecule has 0 saturated heterocycles. The molecule has 0 aromatic carbocycles. The average Bonchev–Trinajstić information content (AvgIpc) is 2.48.